The number of nitrogens with zero attached hydrogens (tertiary/aromatic N) is 2. The van der Waals surface area contributed by atoms with Gasteiger partial charge < -0.3 is 19.6 Å². The maximum atomic E-state index is 11.9. The maximum absolute atomic E-state index is 11.9. The Labute approximate surface area is 93.8 Å². The van der Waals surface area contributed by atoms with Crippen LogP contribution in [0.25, 0.3) is 0 Å². The molecular weight excluding hydrogens is 212 g/mol. The van der Waals surface area contributed by atoms with E-state index < -0.39 is 6.09 Å². The highest BCUT2D eigenvalue weighted by molar-refractivity contribution is 5.82. The molecule has 6 heteroatoms. The third kappa shape index (κ3) is 2.11. The van der Waals surface area contributed by atoms with Crippen LogP contribution in [0.2, 0.25) is 0 Å². The van der Waals surface area contributed by atoms with Crippen molar-refractivity contribution in [1.29, 1.82) is 0 Å². The van der Waals surface area contributed by atoms with Gasteiger partial charge in [0.1, 0.15) is 0 Å². The van der Waals surface area contributed by atoms with Crippen LogP contribution in [-0.4, -0.2) is 65.8 Å². The van der Waals surface area contributed by atoms with Crippen LogP contribution in [-0.2, 0) is 9.53 Å². The van der Waals surface area contributed by atoms with E-state index >= 15 is 0 Å². The predicted octanol–water partition coefficient (Wildman–Crippen LogP) is -0.156. The molecule has 2 aliphatic heterocycles. The van der Waals surface area contributed by atoms with Crippen molar-refractivity contribution in [2.24, 2.45) is 5.92 Å². The molecule has 2 fully saturated rings. The Morgan fingerprint density at radius 1 is 1.25 bits per heavy atom. The Morgan fingerprint density at radius 2 is 1.94 bits per heavy atom. The van der Waals surface area contributed by atoms with E-state index in [2.05, 4.69) is 0 Å². The van der Waals surface area contributed by atoms with Gasteiger partial charge in [0.15, 0.2) is 0 Å². The molecule has 0 aromatic heterocycles. The van der Waals surface area contributed by atoms with E-state index in [0.29, 0.717) is 32.8 Å². The van der Waals surface area contributed by atoms with E-state index in [0.717, 1.165) is 0 Å². The summed E-state index contributed by atoms with van der Waals surface area (Å²) >= 11 is 0. The zero-order valence-corrected chi connectivity index (χ0v) is 9.26. The lowest BCUT2D eigenvalue weighted by atomic mass is 9.99. The summed E-state index contributed by atoms with van der Waals surface area (Å²) in [6.45, 7) is 4.40. The fraction of sp³-hybridized carbons (Fsp3) is 0.800. The van der Waals surface area contributed by atoms with Gasteiger partial charge in [-0.3, -0.25) is 4.79 Å². The Balaban J connectivity index is 1.82. The Hall–Kier alpha value is -1.30. The van der Waals surface area contributed by atoms with Crippen molar-refractivity contribution in [3.05, 3.63) is 0 Å². The van der Waals surface area contributed by atoms with Crippen molar-refractivity contribution in [3.63, 3.8) is 0 Å². The summed E-state index contributed by atoms with van der Waals surface area (Å²) in [5, 5.41) is 8.67. The number of hydrogen-bond acceptors (Lipinski definition) is 3. The number of hydrogen-bond donors (Lipinski definition) is 1. The van der Waals surface area contributed by atoms with Gasteiger partial charge in [-0.25, -0.2) is 4.79 Å². The fourth-order valence-electron chi connectivity index (χ4n) is 2.07. The molecule has 0 radical (unpaired) electrons. The molecule has 0 aliphatic carbocycles. The second-order valence-corrected chi connectivity index (χ2v) is 4.35. The molecule has 0 unspecified atom stereocenters. The summed E-state index contributed by atoms with van der Waals surface area (Å²) in [6, 6.07) is 0. The van der Waals surface area contributed by atoms with E-state index in [1.807, 2.05) is 6.92 Å². The third-order valence-corrected chi connectivity index (χ3v) is 3.05. The molecule has 90 valence electrons. The quantitative estimate of drug-likeness (QED) is 0.677. The van der Waals surface area contributed by atoms with E-state index in [1.165, 1.54) is 4.90 Å². The summed E-state index contributed by atoms with van der Waals surface area (Å²) in [4.78, 5) is 25.5. The number of carboxylic acid groups (broad SMARTS) is 1. The van der Waals surface area contributed by atoms with Crippen molar-refractivity contribution in [1.82, 2.24) is 9.80 Å². The van der Waals surface area contributed by atoms with Gasteiger partial charge in [0.05, 0.1) is 18.6 Å². The van der Waals surface area contributed by atoms with Crippen molar-refractivity contribution >= 4 is 12.0 Å². The minimum Gasteiger partial charge on any atom is -0.465 e. The number of amides is 2. The molecular formula is C10H16N2O4. The number of carbonyl (C=O) groups is 2. The lowest BCUT2D eigenvalue weighted by Crippen LogP contribution is -2.58. The Morgan fingerprint density at radius 3 is 2.50 bits per heavy atom. The Kier molecular flexibility index (Phi) is 3.00. The molecule has 0 spiro atoms. The summed E-state index contributed by atoms with van der Waals surface area (Å²) in [6.07, 6.45) is -0.868. The second-order valence-electron chi connectivity index (χ2n) is 4.35. The van der Waals surface area contributed by atoms with Gasteiger partial charge in [0.25, 0.3) is 0 Å². The topological polar surface area (TPSA) is 70.1 Å². The zero-order valence-electron chi connectivity index (χ0n) is 9.26. The van der Waals surface area contributed by atoms with Crippen LogP contribution in [0.1, 0.15) is 6.92 Å². The molecule has 16 heavy (non-hydrogen) atoms. The van der Waals surface area contributed by atoms with Crippen molar-refractivity contribution in [3.8, 4) is 0 Å². The molecule has 2 rings (SSSR count). The molecule has 6 nitrogen and oxygen atoms in total. The minimum absolute atomic E-state index is 0.0626. The number of carbonyl (C=O) groups excluding carboxylic acids is 1. The van der Waals surface area contributed by atoms with Crippen LogP contribution < -0.4 is 0 Å². The first kappa shape index (κ1) is 11.2. The van der Waals surface area contributed by atoms with Gasteiger partial charge >= 0.3 is 6.09 Å². The maximum Gasteiger partial charge on any atom is 0.407 e. The van der Waals surface area contributed by atoms with Crippen LogP contribution >= 0.6 is 0 Å². The zero-order chi connectivity index (χ0) is 11.7. The Bertz CT molecular complexity index is 301. The highest BCUT2D eigenvalue weighted by Crippen LogP contribution is 2.19. The van der Waals surface area contributed by atoms with Gasteiger partial charge in [-0.1, -0.05) is 0 Å². The largest absolute Gasteiger partial charge is 0.465 e. The molecule has 0 bridgehead atoms. The predicted molar refractivity (Wildman–Crippen MR) is 55.1 cm³/mol. The molecule has 2 heterocycles. The molecule has 1 N–H and O–H groups in total. The number of likely N-dealkylation sites (tertiary alicyclic amines) is 1. The van der Waals surface area contributed by atoms with Crippen LogP contribution in [0.3, 0.4) is 0 Å². The average molecular weight is 228 g/mol. The average Bonchev–Trinajstić information content (AvgIpc) is 2.14. The highest BCUT2D eigenvalue weighted by Gasteiger charge is 2.38. The molecule has 2 amide bonds. The molecule has 0 aromatic rings. The fourth-order valence-corrected chi connectivity index (χ4v) is 2.07. The van der Waals surface area contributed by atoms with Crippen LogP contribution in [0.4, 0.5) is 4.79 Å². The van der Waals surface area contributed by atoms with E-state index in [-0.39, 0.29) is 17.9 Å². The summed E-state index contributed by atoms with van der Waals surface area (Å²) in [7, 11) is 0. The van der Waals surface area contributed by atoms with Crippen molar-refractivity contribution < 1.29 is 19.4 Å². The van der Waals surface area contributed by atoms with Gasteiger partial charge in [0.2, 0.25) is 5.91 Å². The van der Waals surface area contributed by atoms with Gasteiger partial charge in [-0.15, -0.1) is 0 Å². The summed E-state index contributed by atoms with van der Waals surface area (Å²) in [5.74, 6) is -0.0888. The summed E-state index contributed by atoms with van der Waals surface area (Å²) < 4.78 is 5.35. The standard InChI is InChI=1S/C10H16N2O4/c1-7-4-11(2-3-16-7)9(13)8-5-12(6-8)10(14)15/h7-8H,2-6H2,1H3,(H,14,15)/t7-/m1/s1. The molecule has 0 aromatic carbocycles. The van der Waals surface area contributed by atoms with Gasteiger partial charge in [0, 0.05) is 26.2 Å². The lowest BCUT2D eigenvalue weighted by Gasteiger charge is -2.40. The molecule has 2 saturated heterocycles. The summed E-state index contributed by atoms with van der Waals surface area (Å²) in [5.41, 5.74) is 0. The number of ether oxygens (including phenoxy) is 1. The van der Waals surface area contributed by atoms with Crippen LogP contribution in [0.15, 0.2) is 0 Å². The highest BCUT2D eigenvalue weighted by atomic mass is 16.5. The van der Waals surface area contributed by atoms with E-state index in [9.17, 15) is 9.59 Å². The molecule has 2 aliphatic rings. The normalized spacial score (nSPS) is 26.4. The van der Waals surface area contributed by atoms with Crippen LogP contribution in [0.5, 0.6) is 0 Å². The first-order valence-electron chi connectivity index (χ1n) is 5.46. The lowest BCUT2D eigenvalue weighted by molar-refractivity contribution is -0.146. The molecule has 1 atom stereocenters. The SMILES string of the molecule is C[C@@H]1CN(C(=O)C2CN(C(=O)O)C2)CCO1. The second kappa shape index (κ2) is 4.29. The monoisotopic (exact) mass is 228 g/mol. The van der Waals surface area contributed by atoms with Gasteiger partial charge in [-0.05, 0) is 6.92 Å². The molecule has 0 saturated carbocycles. The number of rotatable bonds is 1. The first-order chi connectivity index (χ1) is 7.58. The van der Waals surface area contributed by atoms with Crippen LogP contribution in [0, 0.1) is 5.92 Å². The smallest absolute Gasteiger partial charge is 0.407 e. The minimum atomic E-state index is -0.945. The first-order valence-corrected chi connectivity index (χ1v) is 5.46. The van der Waals surface area contributed by atoms with E-state index in [4.69, 9.17) is 9.84 Å². The number of morpholine rings is 1. The van der Waals surface area contributed by atoms with Gasteiger partial charge in [-0.2, -0.15) is 0 Å². The van der Waals surface area contributed by atoms with E-state index in [1.54, 1.807) is 4.90 Å². The van der Waals surface area contributed by atoms with Crippen molar-refractivity contribution in [2.75, 3.05) is 32.8 Å². The third-order valence-electron chi connectivity index (χ3n) is 3.05. The van der Waals surface area contributed by atoms with Crippen molar-refractivity contribution in [2.45, 2.75) is 13.0 Å².